The maximum absolute atomic E-state index is 14.0. The van der Waals surface area contributed by atoms with Gasteiger partial charge in [0.05, 0.1) is 5.69 Å². The van der Waals surface area contributed by atoms with Crippen LogP contribution in [0.1, 0.15) is 31.5 Å². The van der Waals surface area contributed by atoms with E-state index < -0.39 is 11.6 Å². The summed E-state index contributed by atoms with van der Waals surface area (Å²) in [5, 5.41) is 3.24. The third-order valence-corrected chi connectivity index (χ3v) is 3.74. The van der Waals surface area contributed by atoms with E-state index in [1.165, 1.54) is 18.2 Å². The Morgan fingerprint density at radius 1 is 1.27 bits per heavy atom. The number of hydrogen-bond acceptors (Lipinski definition) is 2. The summed E-state index contributed by atoms with van der Waals surface area (Å²) < 4.78 is 28.6. The number of hydrogen-bond donors (Lipinski definition) is 1. The number of benzene rings is 1. The van der Waals surface area contributed by atoms with Crippen molar-refractivity contribution < 1.29 is 8.78 Å². The van der Waals surface area contributed by atoms with Crippen LogP contribution in [0, 0.1) is 18.6 Å². The molecule has 0 fully saturated rings. The molecule has 3 nitrogen and oxygen atoms in total. The van der Waals surface area contributed by atoms with Gasteiger partial charge in [0.1, 0.15) is 11.6 Å². The molecule has 5 heteroatoms. The maximum atomic E-state index is 14.0. The zero-order valence-electron chi connectivity index (χ0n) is 13.0. The largest absolute Gasteiger partial charge is 0.318 e. The molecule has 0 saturated carbocycles. The first-order valence-electron chi connectivity index (χ1n) is 7.33. The lowest BCUT2D eigenvalue weighted by atomic mass is 10.2. The van der Waals surface area contributed by atoms with E-state index in [4.69, 9.17) is 0 Å². The summed E-state index contributed by atoms with van der Waals surface area (Å²) in [4.78, 5) is 12.1. The minimum atomic E-state index is -0.660. The molecular weight excluding hydrogens is 286 g/mol. The van der Waals surface area contributed by atoms with Crippen molar-refractivity contribution in [3.8, 4) is 5.69 Å². The summed E-state index contributed by atoms with van der Waals surface area (Å²) in [6.07, 6.45) is 2.57. The predicted octanol–water partition coefficient (Wildman–Crippen LogP) is 3.31. The molecule has 2 aromatic rings. The first-order valence-corrected chi connectivity index (χ1v) is 7.33. The first-order chi connectivity index (χ1) is 10.4. The fraction of sp³-hybridized carbons (Fsp3) is 0.353. The molecule has 1 N–H and O–H groups in total. The van der Waals surface area contributed by atoms with Gasteiger partial charge in [-0.2, -0.15) is 0 Å². The van der Waals surface area contributed by atoms with Gasteiger partial charge in [0, 0.05) is 42.2 Å². The molecule has 1 atom stereocenters. The van der Waals surface area contributed by atoms with Crippen molar-refractivity contribution in [3.05, 3.63) is 63.6 Å². The van der Waals surface area contributed by atoms with E-state index in [1.807, 2.05) is 6.92 Å². The molecule has 0 aliphatic rings. The van der Waals surface area contributed by atoms with E-state index in [0.29, 0.717) is 17.8 Å². The summed E-state index contributed by atoms with van der Waals surface area (Å²) in [5.74, 6) is -1.29. The van der Waals surface area contributed by atoms with Crippen LogP contribution >= 0.6 is 0 Å². The van der Waals surface area contributed by atoms with Crippen LogP contribution in [-0.4, -0.2) is 10.6 Å². The molecule has 0 spiro atoms. The Morgan fingerprint density at radius 3 is 2.64 bits per heavy atom. The molecule has 0 bridgehead atoms. The molecule has 1 unspecified atom stereocenters. The smallest absolute Gasteiger partial charge is 0.186 e. The second-order valence-corrected chi connectivity index (χ2v) is 5.46. The molecule has 2 rings (SSSR count). The van der Waals surface area contributed by atoms with Crippen LogP contribution < -0.4 is 10.7 Å². The second kappa shape index (κ2) is 6.83. The average Bonchev–Trinajstić information content (AvgIpc) is 2.47. The third-order valence-electron chi connectivity index (χ3n) is 3.74. The van der Waals surface area contributed by atoms with Gasteiger partial charge in [-0.3, -0.25) is 4.79 Å². The molecule has 0 aliphatic heterocycles. The highest BCUT2D eigenvalue weighted by molar-refractivity contribution is 5.37. The molecule has 22 heavy (non-hydrogen) atoms. The molecule has 0 radical (unpaired) electrons. The minimum Gasteiger partial charge on any atom is -0.318 e. The summed E-state index contributed by atoms with van der Waals surface area (Å²) in [6.45, 7) is 6.22. The van der Waals surface area contributed by atoms with Crippen molar-refractivity contribution in [3.63, 3.8) is 0 Å². The first kappa shape index (κ1) is 16.4. The van der Waals surface area contributed by atoms with Gasteiger partial charge >= 0.3 is 0 Å². The van der Waals surface area contributed by atoms with Gasteiger partial charge in [0.25, 0.3) is 0 Å². The molecule has 1 aromatic heterocycles. The Hall–Kier alpha value is -2.01. The fourth-order valence-corrected chi connectivity index (χ4v) is 2.17. The SMILES string of the molecule is CCC(C)NCc1cn(-c2ccc(F)cc2F)c(C)cc1=O. The molecule has 118 valence electrons. The number of aromatic nitrogens is 1. The van der Waals surface area contributed by atoms with E-state index >= 15 is 0 Å². The second-order valence-electron chi connectivity index (χ2n) is 5.46. The monoisotopic (exact) mass is 306 g/mol. The Bertz CT molecular complexity index is 725. The summed E-state index contributed by atoms with van der Waals surface area (Å²) in [7, 11) is 0. The number of aryl methyl sites for hydroxylation is 1. The lowest BCUT2D eigenvalue weighted by Crippen LogP contribution is -2.28. The molecule has 0 amide bonds. The topological polar surface area (TPSA) is 34.0 Å². The Labute approximate surface area is 128 Å². The van der Waals surface area contributed by atoms with E-state index in [2.05, 4.69) is 12.2 Å². The van der Waals surface area contributed by atoms with Gasteiger partial charge < -0.3 is 9.88 Å². The molecule has 0 saturated heterocycles. The van der Waals surface area contributed by atoms with Crippen molar-refractivity contribution in [1.29, 1.82) is 0 Å². The van der Waals surface area contributed by atoms with Gasteiger partial charge in [0.2, 0.25) is 0 Å². The molecule has 0 aliphatic carbocycles. The van der Waals surface area contributed by atoms with Crippen molar-refractivity contribution in [1.82, 2.24) is 9.88 Å². The molecular formula is C17H20F2N2O. The number of pyridine rings is 1. The van der Waals surface area contributed by atoms with Crippen molar-refractivity contribution in [2.45, 2.75) is 39.8 Å². The average molecular weight is 306 g/mol. The highest BCUT2D eigenvalue weighted by Gasteiger charge is 2.10. The van der Waals surface area contributed by atoms with Gasteiger partial charge in [-0.15, -0.1) is 0 Å². The van der Waals surface area contributed by atoms with Gasteiger partial charge in [-0.1, -0.05) is 6.92 Å². The third kappa shape index (κ3) is 3.60. The lowest BCUT2D eigenvalue weighted by molar-refractivity contribution is 0.531. The van der Waals surface area contributed by atoms with Crippen LogP contribution in [-0.2, 0) is 6.54 Å². The standard InChI is InChI=1S/C17H20F2N2O/c1-4-11(2)20-9-13-10-21(12(3)7-17(13)22)16-6-5-14(18)8-15(16)19/h5-8,10-11,20H,4,9H2,1-3H3. The van der Waals surface area contributed by atoms with E-state index in [9.17, 15) is 13.6 Å². The Kier molecular flexibility index (Phi) is 5.08. The number of nitrogens with one attached hydrogen (secondary N) is 1. The normalized spacial score (nSPS) is 12.4. The van der Waals surface area contributed by atoms with Crippen molar-refractivity contribution in [2.24, 2.45) is 0 Å². The van der Waals surface area contributed by atoms with Crippen LogP contribution in [0.25, 0.3) is 5.69 Å². The molecule has 1 heterocycles. The van der Waals surface area contributed by atoms with Gasteiger partial charge in [0.15, 0.2) is 5.43 Å². The summed E-state index contributed by atoms with van der Waals surface area (Å²) in [5.41, 5.74) is 1.29. The van der Waals surface area contributed by atoms with E-state index in [-0.39, 0.29) is 17.2 Å². The van der Waals surface area contributed by atoms with Crippen LogP contribution in [0.4, 0.5) is 8.78 Å². The minimum absolute atomic E-state index is 0.0907. The Morgan fingerprint density at radius 2 is 2.00 bits per heavy atom. The quantitative estimate of drug-likeness (QED) is 0.919. The van der Waals surface area contributed by atoms with Crippen molar-refractivity contribution in [2.75, 3.05) is 0 Å². The van der Waals surface area contributed by atoms with Crippen LogP contribution in [0.15, 0.2) is 35.3 Å². The number of halogens is 2. The van der Waals surface area contributed by atoms with E-state index in [1.54, 1.807) is 17.7 Å². The zero-order chi connectivity index (χ0) is 16.3. The van der Waals surface area contributed by atoms with Gasteiger partial charge in [-0.05, 0) is 32.4 Å². The van der Waals surface area contributed by atoms with Crippen LogP contribution in [0.2, 0.25) is 0 Å². The van der Waals surface area contributed by atoms with Crippen LogP contribution in [0.3, 0.4) is 0 Å². The summed E-state index contributed by atoms with van der Waals surface area (Å²) >= 11 is 0. The lowest BCUT2D eigenvalue weighted by Gasteiger charge is -2.15. The van der Waals surface area contributed by atoms with Gasteiger partial charge in [-0.25, -0.2) is 8.78 Å². The number of rotatable bonds is 5. The van der Waals surface area contributed by atoms with Crippen LogP contribution in [0.5, 0.6) is 0 Å². The van der Waals surface area contributed by atoms with Crippen molar-refractivity contribution >= 4 is 0 Å². The molecule has 1 aromatic carbocycles. The predicted molar refractivity (Wildman–Crippen MR) is 83.3 cm³/mol. The number of nitrogens with zero attached hydrogens (tertiary/aromatic N) is 1. The maximum Gasteiger partial charge on any atom is 0.186 e. The van der Waals surface area contributed by atoms with E-state index in [0.717, 1.165) is 12.5 Å². The fourth-order valence-electron chi connectivity index (χ4n) is 2.17. The highest BCUT2D eigenvalue weighted by Crippen LogP contribution is 2.16. The zero-order valence-corrected chi connectivity index (χ0v) is 13.0. The highest BCUT2D eigenvalue weighted by atomic mass is 19.1. The summed E-state index contributed by atoms with van der Waals surface area (Å²) in [6, 6.07) is 5.17. The Balaban J connectivity index is 2.41.